The largest absolute Gasteiger partial charge is 0.370 e. The number of aryl methyl sites for hydroxylation is 2. The lowest BCUT2D eigenvalue weighted by Crippen LogP contribution is -2.36. The molecular weight excluding hydrogens is 344 g/mol. The molecule has 140 valence electrons. The second-order valence-corrected chi connectivity index (χ2v) is 6.85. The molecule has 3 aromatic heterocycles. The number of hydrogen-bond donors (Lipinski definition) is 1. The lowest BCUT2D eigenvalue weighted by molar-refractivity contribution is 0.0722. The fraction of sp³-hybridized carbons (Fsp3) is 0.368. The predicted octanol–water partition coefficient (Wildman–Crippen LogP) is 2.27. The summed E-state index contributed by atoms with van der Waals surface area (Å²) in [5.41, 5.74) is 2.20. The molecule has 4 heterocycles. The van der Waals surface area contributed by atoms with Gasteiger partial charge in [-0.1, -0.05) is 11.2 Å². The van der Waals surface area contributed by atoms with Crippen molar-refractivity contribution >= 4 is 11.7 Å². The number of carbonyl (C=O) groups excluding carboxylic acids is 1. The molecule has 0 fully saturated rings. The molecule has 3 aromatic rings. The number of anilines is 1. The van der Waals surface area contributed by atoms with Gasteiger partial charge in [0.25, 0.3) is 5.91 Å². The minimum atomic E-state index is -0.0521. The summed E-state index contributed by atoms with van der Waals surface area (Å²) in [4.78, 5) is 19.3. The van der Waals surface area contributed by atoms with Crippen LogP contribution in [-0.4, -0.2) is 43.8 Å². The molecule has 0 aliphatic carbocycles. The van der Waals surface area contributed by atoms with Gasteiger partial charge in [-0.05, 0) is 32.0 Å². The number of carbonyl (C=O) groups is 1. The second kappa shape index (κ2) is 7.22. The minimum absolute atomic E-state index is 0.0521. The summed E-state index contributed by atoms with van der Waals surface area (Å²) in [7, 11) is 0. The van der Waals surface area contributed by atoms with Crippen LogP contribution in [0.4, 0.5) is 5.82 Å². The van der Waals surface area contributed by atoms with E-state index < -0.39 is 0 Å². The Kier molecular flexibility index (Phi) is 4.62. The lowest BCUT2D eigenvalue weighted by Gasteiger charge is -2.24. The first-order chi connectivity index (χ1) is 13.1. The molecule has 1 atom stereocenters. The number of fused-ring (bicyclic) bond motifs is 1. The second-order valence-electron chi connectivity index (χ2n) is 6.85. The van der Waals surface area contributed by atoms with E-state index >= 15 is 0 Å². The quantitative estimate of drug-likeness (QED) is 0.762. The molecule has 0 saturated heterocycles. The zero-order chi connectivity index (χ0) is 18.8. The van der Waals surface area contributed by atoms with Crippen molar-refractivity contribution < 1.29 is 9.32 Å². The van der Waals surface area contributed by atoms with Crippen molar-refractivity contribution in [3.8, 4) is 0 Å². The van der Waals surface area contributed by atoms with Gasteiger partial charge in [0.2, 0.25) is 0 Å². The SMILES string of the molecule is Cc1noc(C)c1C(=O)N1Cc2ccnn2CC(CNc2ccccn2)C1. The molecular formula is C19H22N6O2. The molecule has 27 heavy (non-hydrogen) atoms. The first-order valence-corrected chi connectivity index (χ1v) is 8.99. The molecule has 0 aromatic carbocycles. The lowest BCUT2D eigenvalue weighted by atomic mass is 10.1. The van der Waals surface area contributed by atoms with Gasteiger partial charge in [-0.3, -0.25) is 9.48 Å². The van der Waals surface area contributed by atoms with E-state index in [-0.39, 0.29) is 11.8 Å². The number of rotatable bonds is 4. The van der Waals surface area contributed by atoms with Gasteiger partial charge in [-0.2, -0.15) is 5.10 Å². The Morgan fingerprint density at radius 2 is 2.15 bits per heavy atom. The van der Waals surface area contributed by atoms with Crippen LogP contribution in [-0.2, 0) is 13.1 Å². The van der Waals surface area contributed by atoms with Gasteiger partial charge in [-0.25, -0.2) is 4.98 Å². The number of nitrogens with zero attached hydrogens (tertiary/aromatic N) is 5. The maximum Gasteiger partial charge on any atom is 0.259 e. The normalized spacial score (nSPS) is 16.7. The van der Waals surface area contributed by atoms with Gasteiger partial charge in [0.05, 0.1) is 17.9 Å². The fourth-order valence-corrected chi connectivity index (χ4v) is 3.48. The van der Waals surface area contributed by atoms with E-state index in [9.17, 15) is 4.79 Å². The van der Waals surface area contributed by atoms with Gasteiger partial charge in [-0.15, -0.1) is 0 Å². The van der Waals surface area contributed by atoms with Gasteiger partial charge in [0.1, 0.15) is 17.1 Å². The zero-order valence-electron chi connectivity index (χ0n) is 15.4. The molecule has 1 aliphatic heterocycles. The first kappa shape index (κ1) is 17.3. The van der Waals surface area contributed by atoms with Gasteiger partial charge in [0.15, 0.2) is 0 Å². The van der Waals surface area contributed by atoms with Gasteiger partial charge in [0, 0.05) is 37.9 Å². The maximum atomic E-state index is 13.2. The Bertz CT molecular complexity index is 913. The molecule has 1 aliphatic rings. The maximum absolute atomic E-state index is 13.2. The van der Waals surface area contributed by atoms with Crippen LogP contribution in [0.2, 0.25) is 0 Å². The highest BCUT2D eigenvalue weighted by Crippen LogP contribution is 2.21. The van der Waals surface area contributed by atoms with Crippen LogP contribution in [0.5, 0.6) is 0 Å². The van der Waals surface area contributed by atoms with E-state index in [0.29, 0.717) is 36.7 Å². The molecule has 1 N–H and O–H groups in total. The standard InChI is InChI=1S/C19H22N6O2/c1-13-18(14(2)27-23-13)19(26)24-10-15(9-21-17-5-3-4-7-20-17)11-25-16(12-24)6-8-22-25/h3-8,15H,9-12H2,1-2H3,(H,20,21). The summed E-state index contributed by atoms with van der Waals surface area (Å²) in [6.45, 7) is 6.14. The Hall–Kier alpha value is -3.16. The van der Waals surface area contributed by atoms with Crippen LogP contribution in [0.25, 0.3) is 0 Å². The number of aromatic nitrogens is 4. The van der Waals surface area contributed by atoms with E-state index in [1.54, 1.807) is 26.2 Å². The highest BCUT2D eigenvalue weighted by Gasteiger charge is 2.29. The van der Waals surface area contributed by atoms with E-state index in [2.05, 4.69) is 20.6 Å². The average Bonchev–Trinajstić information content (AvgIpc) is 3.20. The smallest absolute Gasteiger partial charge is 0.259 e. The zero-order valence-corrected chi connectivity index (χ0v) is 15.4. The molecule has 8 heteroatoms. The van der Waals surface area contributed by atoms with Crippen molar-refractivity contribution in [2.45, 2.75) is 26.9 Å². The fourth-order valence-electron chi connectivity index (χ4n) is 3.48. The minimum Gasteiger partial charge on any atom is -0.370 e. The average molecular weight is 366 g/mol. The summed E-state index contributed by atoms with van der Waals surface area (Å²) in [5.74, 6) is 1.52. The molecule has 1 amide bonds. The van der Waals surface area contributed by atoms with Crippen LogP contribution in [0.15, 0.2) is 41.2 Å². The van der Waals surface area contributed by atoms with Crippen LogP contribution in [0.3, 0.4) is 0 Å². The van der Waals surface area contributed by atoms with E-state index in [1.165, 1.54) is 0 Å². The Morgan fingerprint density at radius 1 is 1.26 bits per heavy atom. The van der Waals surface area contributed by atoms with Gasteiger partial charge >= 0.3 is 0 Å². The molecule has 0 radical (unpaired) electrons. The first-order valence-electron chi connectivity index (χ1n) is 8.99. The highest BCUT2D eigenvalue weighted by atomic mass is 16.5. The third-order valence-electron chi connectivity index (χ3n) is 4.84. The van der Waals surface area contributed by atoms with Crippen LogP contribution in [0, 0.1) is 19.8 Å². The van der Waals surface area contributed by atoms with Gasteiger partial charge < -0.3 is 14.7 Å². The van der Waals surface area contributed by atoms with Crippen molar-refractivity contribution in [1.29, 1.82) is 0 Å². The molecule has 0 saturated carbocycles. The van der Waals surface area contributed by atoms with E-state index in [0.717, 1.165) is 18.1 Å². The topological polar surface area (TPSA) is 89.1 Å². The van der Waals surface area contributed by atoms with Crippen molar-refractivity contribution in [2.24, 2.45) is 5.92 Å². The summed E-state index contributed by atoms with van der Waals surface area (Å²) < 4.78 is 7.17. The molecule has 0 spiro atoms. The van der Waals surface area contributed by atoms with Crippen LogP contribution >= 0.6 is 0 Å². The summed E-state index contributed by atoms with van der Waals surface area (Å²) in [5, 5.41) is 11.7. The molecule has 4 rings (SSSR count). The summed E-state index contributed by atoms with van der Waals surface area (Å²) in [6, 6.07) is 7.73. The third kappa shape index (κ3) is 3.55. The number of nitrogens with one attached hydrogen (secondary N) is 1. The van der Waals surface area contributed by atoms with Crippen molar-refractivity contribution in [2.75, 3.05) is 18.4 Å². The summed E-state index contributed by atoms with van der Waals surface area (Å²) in [6.07, 6.45) is 3.54. The van der Waals surface area contributed by atoms with E-state index in [1.807, 2.05) is 33.8 Å². The predicted molar refractivity (Wildman–Crippen MR) is 99.2 cm³/mol. The third-order valence-corrected chi connectivity index (χ3v) is 4.84. The van der Waals surface area contributed by atoms with E-state index in [4.69, 9.17) is 4.52 Å². The Morgan fingerprint density at radius 3 is 2.89 bits per heavy atom. The molecule has 0 bridgehead atoms. The molecule has 8 nitrogen and oxygen atoms in total. The number of hydrogen-bond acceptors (Lipinski definition) is 6. The molecule has 1 unspecified atom stereocenters. The van der Waals surface area contributed by atoms with Crippen molar-refractivity contribution in [3.63, 3.8) is 0 Å². The Balaban J connectivity index is 1.56. The number of pyridine rings is 1. The summed E-state index contributed by atoms with van der Waals surface area (Å²) >= 11 is 0. The van der Waals surface area contributed by atoms with Crippen molar-refractivity contribution in [3.05, 3.63) is 59.4 Å². The Labute approximate surface area is 157 Å². The highest BCUT2D eigenvalue weighted by molar-refractivity contribution is 5.96. The van der Waals surface area contributed by atoms with Crippen LogP contribution < -0.4 is 5.32 Å². The van der Waals surface area contributed by atoms with Crippen molar-refractivity contribution in [1.82, 2.24) is 24.8 Å². The van der Waals surface area contributed by atoms with Crippen LogP contribution in [0.1, 0.15) is 27.5 Å². The number of amides is 1. The monoisotopic (exact) mass is 366 g/mol.